The SMILES string of the molecule is Cc1ccc(CN=C(N)NC(C)(C)C)c(OCC2CC2)c1. The van der Waals surface area contributed by atoms with Crippen LogP contribution in [0.2, 0.25) is 0 Å². The standard InChI is InChI=1S/C17H27N3O/c1-12-5-8-14(10-19-16(18)20-17(2,3)4)15(9-12)21-11-13-6-7-13/h5,8-9,13H,6-7,10-11H2,1-4H3,(H3,18,19,20). The van der Waals surface area contributed by atoms with Crippen molar-refractivity contribution in [3.63, 3.8) is 0 Å². The number of hydrogen-bond acceptors (Lipinski definition) is 2. The van der Waals surface area contributed by atoms with Crippen LogP contribution in [0, 0.1) is 12.8 Å². The van der Waals surface area contributed by atoms with Gasteiger partial charge in [0.15, 0.2) is 5.96 Å². The quantitative estimate of drug-likeness (QED) is 0.647. The smallest absolute Gasteiger partial charge is 0.189 e. The van der Waals surface area contributed by atoms with Gasteiger partial charge in [0.1, 0.15) is 5.75 Å². The van der Waals surface area contributed by atoms with Crippen molar-refractivity contribution in [1.82, 2.24) is 5.32 Å². The number of hydrogen-bond donors (Lipinski definition) is 2. The van der Waals surface area contributed by atoms with E-state index < -0.39 is 0 Å². The molecule has 2 rings (SSSR count). The monoisotopic (exact) mass is 289 g/mol. The molecule has 4 nitrogen and oxygen atoms in total. The molecule has 0 atom stereocenters. The van der Waals surface area contributed by atoms with E-state index >= 15 is 0 Å². The molecule has 0 aliphatic heterocycles. The lowest BCUT2D eigenvalue weighted by molar-refractivity contribution is 0.296. The molecule has 1 fully saturated rings. The highest BCUT2D eigenvalue weighted by atomic mass is 16.5. The maximum Gasteiger partial charge on any atom is 0.189 e. The molecule has 1 aromatic rings. The van der Waals surface area contributed by atoms with Gasteiger partial charge >= 0.3 is 0 Å². The van der Waals surface area contributed by atoms with Crippen molar-refractivity contribution < 1.29 is 4.74 Å². The van der Waals surface area contributed by atoms with E-state index in [1.165, 1.54) is 18.4 Å². The number of nitrogens with zero attached hydrogens (tertiary/aromatic N) is 1. The summed E-state index contributed by atoms with van der Waals surface area (Å²) in [6, 6.07) is 6.24. The van der Waals surface area contributed by atoms with Crippen LogP contribution in [0.4, 0.5) is 0 Å². The molecule has 1 aromatic carbocycles. The van der Waals surface area contributed by atoms with E-state index in [2.05, 4.69) is 56.2 Å². The lowest BCUT2D eigenvalue weighted by atomic mass is 10.1. The van der Waals surface area contributed by atoms with E-state index in [1.807, 2.05) is 0 Å². The van der Waals surface area contributed by atoms with Crippen molar-refractivity contribution >= 4 is 5.96 Å². The lowest BCUT2D eigenvalue weighted by Crippen LogP contribution is -2.44. The molecule has 21 heavy (non-hydrogen) atoms. The van der Waals surface area contributed by atoms with Gasteiger partial charge in [-0.25, -0.2) is 4.99 Å². The first-order valence-electron chi connectivity index (χ1n) is 7.64. The van der Waals surface area contributed by atoms with Gasteiger partial charge in [0.05, 0.1) is 13.2 Å². The second-order valence-electron chi connectivity index (χ2n) is 6.94. The molecule has 0 amide bonds. The van der Waals surface area contributed by atoms with Gasteiger partial charge in [0.25, 0.3) is 0 Å². The highest BCUT2D eigenvalue weighted by Gasteiger charge is 2.22. The van der Waals surface area contributed by atoms with Crippen LogP contribution in [0.15, 0.2) is 23.2 Å². The third-order valence-electron chi connectivity index (χ3n) is 3.32. The molecule has 0 saturated heterocycles. The van der Waals surface area contributed by atoms with Crippen molar-refractivity contribution in [3.05, 3.63) is 29.3 Å². The van der Waals surface area contributed by atoms with Crippen LogP contribution in [-0.2, 0) is 6.54 Å². The molecular weight excluding hydrogens is 262 g/mol. The first-order chi connectivity index (χ1) is 9.83. The summed E-state index contributed by atoms with van der Waals surface area (Å²) >= 11 is 0. The fourth-order valence-corrected chi connectivity index (χ4v) is 2.01. The van der Waals surface area contributed by atoms with Crippen LogP contribution in [0.25, 0.3) is 0 Å². The Morgan fingerprint density at radius 1 is 1.38 bits per heavy atom. The summed E-state index contributed by atoms with van der Waals surface area (Å²) in [5.74, 6) is 2.15. The summed E-state index contributed by atoms with van der Waals surface area (Å²) in [6.45, 7) is 9.61. The summed E-state index contributed by atoms with van der Waals surface area (Å²) in [5, 5.41) is 3.17. The number of ether oxygens (including phenoxy) is 1. The predicted molar refractivity (Wildman–Crippen MR) is 87.6 cm³/mol. The zero-order chi connectivity index (χ0) is 15.5. The fraction of sp³-hybridized carbons (Fsp3) is 0.588. The second kappa shape index (κ2) is 6.37. The molecule has 0 bridgehead atoms. The zero-order valence-corrected chi connectivity index (χ0v) is 13.6. The van der Waals surface area contributed by atoms with Gasteiger partial charge < -0.3 is 15.8 Å². The van der Waals surface area contributed by atoms with Crippen molar-refractivity contribution in [2.24, 2.45) is 16.6 Å². The van der Waals surface area contributed by atoms with Gasteiger partial charge in [0, 0.05) is 11.1 Å². The van der Waals surface area contributed by atoms with Crippen molar-refractivity contribution in [2.45, 2.75) is 52.6 Å². The minimum Gasteiger partial charge on any atom is -0.493 e. The number of rotatable bonds is 5. The van der Waals surface area contributed by atoms with E-state index in [0.717, 1.165) is 23.8 Å². The molecule has 1 aliphatic rings. The van der Waals surface area contributed by atoms with Crippen LogP contribution in [0.5, 0.6) is 5.75 Å². The summed E-state index contributed by atoms with van der Waals surface area (Å²) in [4.78, 5) is 4.42. The minimum absolute atomic E-state index is 0.0772. The molecule has 116 valence electrons. The first-order valence-corrected chi connectivity index (χ1v) is 7.64. The van der Waals surface area contributed by atoms with Crippen LogP contribution in [0.3, 0.4) is 0 Å². The summed E-state index contributed by atoms with van der Waals surface area (Å²) in [5.41, 5.74) is 8.13. The molecule has 0 heterocycles. The van der Waals surface area contributed by atoms with E-state index in [9.17, 15) is 0 Å². The topological polar surface area (TPSA) is 59.6 Å². The molecule has 3 N–H and O–H groups in total. The van der Waals surface area contributed by atoms with Crippen molar-refractivity contribution in [1.29, 1.82) is 0 Å². The van der Waals surface area contributed by atoms with Gasteiger partial charge in [-0.3, -0.25) is 0 Å². The number of nitrogens with two attached hydrogens (primary N) is 1. The maximum absolute atomic E-state index is 5.94. The fourth-order valence-electron chi connectivity index (χ4n) is 2.01. The maximum atomic E-state index is 5.94. The third-order valence-corrected chi connectivity index (χ3v) is 3.32. The Balaban J connectivity index is 2.02. The number of benzene rings is 1. The Hall–Kier alpha value is -1.71. The van der Waals surface area contributed by atoms with E-state index in [4.69, 9.17) is 10.5 Å². The lowest BCUT2D eigenvalue weighted by Gasteiger charge is -2.21. The Morgan fingerprint density at radius 2 is 2.10 bits per heavy atom. The zero-order valence-electron chi connectivity index (χ0n) is 13.6. The summed E-state index contributed by atoms with van der Waals surface area (Å²) in [7, 11) is 0. The van der Waals surface area contributed by atoms with Gasteiger partial charge in [-0.15, -0.1) is 0 Å². The minimum atomic E-state index is -0.0772. The molecule has 0 unspecified atom stereocenters. The third kappa shape index (κ3) is 5.66. The predicted octanol–water partition coefficient (Wildman–Crippen LogP) is 2.99. The Bertz CT molecular complexity index is 513. The number of aliphatic imine (C=N–C) groups is 1. The Morgan fingerprint density at radius 3 is 2.71 bits per heavy atom. The largest absolute Gasteiger partial charge is 0.493 e. The van der Waals surface area contributed by atoms with Crippen LogP contribution < -0.4 is 15.8 Å². The Kier molecular flexibility index (Phi) is 4.76. The molecule has 0 radical (unpaired) electrons. The van der Waals surface area contributed by atoms with E-state index in [-0.39, 0.29) is 5.54 Å². The highest BCUT2D eigenvalue weighted by molar-refractivity contribution is 5.78. The Labute approximate surface area is 127 Å². The molecule has 1 aliphatic carbocycles. The first kappa shape index (κ1) is 15.7. The molecular formula is C17H27N3O. The van der Waals surface area contributed by atoms with Gasteiger partial charge in [-0.2, -0.15) is 0 Å². The highest BCUT2D eigenvalue weighted by Crippen LogP contribution is 2.30. The second-order valence-corrected chi connectivity index (χ2v) is 6.94. The van der Waals surface area contributed by atoms with Gasteiger partial charge in [-0.05, 0) is 58.1 Å². The van der Waals surface area contributed by atoms with Crippen molar-refractivity contribution in [3.8, 4) is 5.75 Å². The number of aryl methyl sites for hydroxylation is 1. The van der Waals surface area contributed by atoms with Crippen LogP contribution in [-0.4, -0.2) is 18.1 Å². The number of nitrogens with one attached hydrogen (secondary N) is 1. The average molecular weight is 289 g/mol. The normalized spacial score (nSPS) is 15.9. The molecule has 4 heteroatoms. The average Bonchev–Trinajstić information content (AvgIpc) is 3.17. The van der Waals surface area contributed by atoms with Gasteiger partial charge in [0.2, 0.25) is 0 Å². The molecule has 1 saturated carbocycles. The molecule has 0 aromatic heterocycles. The molecule has 0 spiro atoms. The van der Waals surface area contributed by atoms with Crippen LogP contribution >= 0.6 is 0 Å². The van der Waals surface area contributed by atoms with Crippen molar-refractivity contribution in [2.75, 3.05) is 6.61 Å². The summed E-state index contributed by atoms with van der Waals surface area (Å²) < 4.78 is 5.94. The van der Waals surface area contributed by atoms with Crippen LogP contribution in [0.1, 0.15) is 44.7 Å². The van der Waals surface area contributed by atoms with Gasteiger partial charge in [-0.1, -0.05) is 12.1 Å². The number of guanidine groups is 1. The summed E-state index contributed by atoms with van der Waals surface area (Å²) in [6.07, 6.45) is 2.59. The van der Waals surface area contributed by atoms with E-state index in [0.29, 0.717) is 12.5 Å². The van der Waals surface area contributed by atoms with E-state index in [1.54, 1.807) is 0 Å².